The molecule has 0 aliphatic rings. The molecular formula is C6H14O2S. The molecule has 9 heavy (non-hydrogen) atoms. The highest BCUT2D eigenvalue weighted by molar-refractivity contribution is 7.80. The van der Waals surface area contributed by atoms with Crippen molar-refractivity contribution in [3.63, 3.8) is 0 Å². The minimum Gasteiger partial charge on any atom is -0.394 e. The van der Waals surface area contributed by atoms with Gasteiger partial charge in [0, 0.05) is 0 Å². The number of aliphatic hydroxyl groups excluding tert-OH is 1. The summed E-state index contributed by atoms with van der Waals surface area (Å²) in [5.74, 6) is 0. The van der Waals surface area contributed by atoms with Crippen molar-refractivity contribution >= 4 is 12.6 Å². The van der Waals surface area contributed by atoms with Gasteiger partial charge >= 0.3 is 0 Å². The van der Waals surface area contributed by atoms with E-state index in [4.69, 9.17) is 9.84 Å². The Hall–Kier alpha value is 0.270. The average molecular weight is 150 g/mol. The maximum atomic E-state index is 8.32. The molecule has 3 heteroatoms. The van der Waals surface area contributed by atoms with Gasteiger partial charge in [-0.05, 0) is 6.42 Å². The number of hydrogen-bond acceptors (Lipinski definition) is 3. The van der Waals surface area contributed by atoms with Crippen molar-refractivity contribution < 1.29 is 9.84 Å². The fourth-order valence-electron chi connectivity index (χ4n) is 0.519. The zero-order valence-corrected chi connectivity index (χ0v) is 6.60. The molecule has 1 unspecified atom stereocenters. The number of thiol groups is 1. The fraction of sp³-hybridized carbons (Fsp3) is 1.00. The van der Waals surface area contributed by atoms with Gasteiger partial charge in [0.1, 0.15) is 5.44 Å². The zero-order valence-electron chi connectivity index (χ0n) is 5.71. The molecule has 0 spiro atoms. The Balaban J connectivity index is 2.95. The molecule has 0 aromatic heterocycles. The van der Waals surface area contributed by atoms with E-state index >= 15 is 0 Å². The molecule has 0 saturated carbocycles. The molecule has 0 bridgehead atoms. The van der Waals surface area contributed by atoms with Gasteiger partial charge in [0.05, 0.1) is 13.2 Å². The number of rotatable bonds is 5. The van der Waals surface area contributed by atoms with Gasteiger partial charge in [-0.2, -0.15) is 0 Å². The van der Waals surface area contributed by atoms with E-state index in [1.807, 2.05) is 0 Å². The summed E-state index contributed by atoms with van der Waals surface area (Å²) >= 11 is 4.11. The van der Waals surface area contributed by atoms with E-state index in [1.54, 1.807) is 0 Å². The molecule has 0 aliphatic carbocycles. The van der Waals surface area contributed by atoms with Crippen LogP contribution in [-0.4, -0.2) is 23.8 Å². The highest BCUT2D eigenvalue weighted by atomic mass is 32.1. The largest absolute Gasteiger partial charge is 0.394 e. The lowest BCUT2D eigenvalue weighted by atomic mass is 10.4. The SMILES string of the molecule is CCCC(S)OCCO. The quantitative estimate of drug-likeness (QED) is 0.453. The van der Waals surface area contributed by atoms with Crippen LogP contribution in [0.5, 0.6) is 0 Å². The van der Waals surface area contributed by atoms with Crippen LogP contribution in [0.15, 0.2) is 0 Å². The van der Waals surface area contributed by atoms with Crippen LogP contribution in [-0.2, 0) is 4.74 Å². The van der Waals surface area contributed by atoms with Crippen molar-refractivity contribution in [1.29, 1.82) is 0 Å². The molecule has 0 saturated heterocycles. The Bertz CT molecular complexity index is 59.0. The molecule has 0 amide bonds. The molecule has 2 nitrogen and oxygen atoms in total. The first-order chi connectivity index (χ1) is 4.31. The van der Waals surface area contributed by atoms with E-state index in [-0.39, 0.29) is 12.0 Å². The Kier molecular flexibility index (Phi) is 6.58. The van der Waals surface area contributed by atoms with E-state index in [9.17, 15) is 0 Å². The lowest BCUT2D eigenvalue weighted by Gasteiger charge is -2.08. The van der Waals surface area contributed by atoms with Crippen molar-refractivity contribution in [1.82, 2.24) is 0 Å². The molecule has 0 aliphatic heterocycles. The van der Waals surface area contributed by atoms with Crippen LogP contribution in [0.3, 0.4) is 0 Å². The second-order valence-corrected chi connectivity index (χ2v) is 2.41. The van der Waals surface area contributed by atoms with Gasteiger partial charge < -0.3 is 9.84 Å². The summed E-state index contributed by atoms with van der Waals surface area (Å²) in [6.45, 7) is 2.56. The third-order valence-corrected chi connectivity index (χ3v) is 1.34. The predicted octanol–water partition coefficient (Wildman–Crippen LogP) is 1.05. The molecule has 0 radical (unpaired) electrons. The lowest BCUT2D eigenvalue weighted by molar-refractivity contribution is 0.0726. The first kappa shape index (κ1) is 9.27. The maximum Gasteiger partial charge on any atom is 0.100 e. The maximum absolute atomic E-state index is 8.32. The third kappa shape index (κ3) is 6.15. The Morgan fingerprint density at radius 3 is 2.78 bits per heavy atom. The normalized spacial score (nSPS) is 13.7. The summed E-state index contributed by atoms with van der Waals surface area (Å²) in [5.41, 5.74) is 0.00199. The van der Waals surface area contributed by atoms with Crippen molar-refractivity contribution in [2.45, 2.75) is 25.2 Å². The van der Waals surface area contributed by atoms with Crippen molar-refractivity contribution in [2.75, 3.05) is 13.2 Å². The Labute approximate surface area is 61.6 Å². The Morgan fingerprint density at radius 1 is 1.67 bits per heavy atom. The van der Waals surface area contributed by atoms with Crippen LogP contribution < -0.4 is 0 Å². The van der Waals surface area contributed by atoms with Crippen molar-refractivity contribution in [2.24, 2.45) is 0 Å². The topological polar surface area (TPSA) is 29.5 Å². The molecule has 0 rings (SSSR count). The highest BCUT2D eigenvalue weighted by Crippen LogP contribution is 2.04. The summed E-state index contributed by atoms with van der Waals surface area (Å²) < 4.78 is 5.05. The van der Waals surface area contributed by atoms with Gasteiger partial charge in [0.2, 0.25) is 0 Å². The summed E-state index contributed by atoms with van der Waals surface area (Å²) in [7, 11) is 0. The molecule has 1 atom stereocenters. The van der Waals surface area contributed by atoms with Crippen LogP contribution in [0.2, 0.25) is 0 Å². The van der Waals surface area contributed by atoms with Crippen molar-refractivity contribution in [3.8, 4) is 0 Å². The van der Waals surface area contributed by atoms with Crippen LogP contribution in [0.1, 0.15) is 19.8 Å². The third-order valence-electron chi connectivity index (χ3n) is 0.937. The van der Waals surface area contributed by atoms with Gasteiger partial charge in [-0.25, -0.2) is 0 Å². The molecule has 1 N–H and O–H groups in total. The number of ether oxygens (including phenoxy) is 1. The molecule has 0 aromatic carbocycles. The molecule has 56 valence electrons. The highest BCUT2D eigenvalue weighted by Gasteiger charge is 1.98. The molecule has 0 heterocycles. The van der Waals surface area contributed by atoms with Gasteiger partial charge in [0.25, 0.3) is 0 Å². The summed E-state index contributed by atoms with van der Waals surface area (Å²) in [4.78, 5) is 0. The van der Waals surface area contributed by atoms with Crippen LogP contribution in [0.4, 0.5) is 0 Å². The minimum atomic E-state index is 0.00199. The smallest absolute Gasteiger partial charge is 0.100 e. The zero-order chi connectivity index (χ0) is 7.11. The van der Waals surface area contributed by atoms with Gasteiger partial charge in [-0.15, -0.1) is 12.6 Å². The first-order valence-corrected chi connectivity index (χ1v) is 3.73. The van der Waals surface area contributed by atoms with Crippen LogP contribution in [0.25, 0.3) is 0 Å². The van der Waals surface area contributed by atoms with E-state index in [0.29, 0.717) is 6.61 Å². The summed E-state index contributed by atoms with van der Waals surface area (Å²) in [5, 5.41) is 8.32. The van der Waals surface area contributed by atoms with E-state index in [0.717, 1.165) is 12.8 Å². The average Bonchev–Trinajstić information content (AvgIpc) is 1.85. The standard InChI is InChI=1S/C6H14O2S/c1-2-3-6(9)8-5-4-7/h6-7,9H,2-5H2,1H3. The van der Waals surface area contributed by atoms with Crippen LogP contribution in [0, 0.1) is 0 Å². The first-order valence-electron chi connectivity index (χ1n) is 3.21. The molecule has 0 fully saturated rings. The van der Waals surface area contributed by atoms with E-state index in [2.05, 4.69) is 19.6 Å². The Morgan fingerprint density at radius 2 is 2.33 bits per heavy atom. The predicted molar refractivity (Wildman–Crippen MR) is 40.7 cm³/mol. The second kappa shape index (κ2) is 6.39. The summed E-state index contributed by atoms with van der Waals surface area (Å²) in [6, 6.07) is 0. The number of hydrogen-bond donors (Lipinski definition) is 2. The second-order valence-electron chi connectivity index (χ2n) is 1.84. The molecular weight excluding hydrogens is 136 g/mol. The minimum absolute atomic E-state index is 0.00199. The van der Waals surface area contributed by atoms with E-state index in [1.165, 1.54) is 0 Å². The lowest BCUT2D eigenvalue weighted by Crippen LogP contribution is -2.08. The van der Waals surface area contributed by atoms with Gasteiger partial charge in [-0.1, -0.05) is 13.3 Å². The molecule has 0 aromatic rings. The van der Waals surface area contributed by atoms with Gasteiger partial charge in [0.15, 0.2) is 0 Å². The van der Waals surface area contributed by atoms with Crippen LogP contribution >= 0.6 is 12.6 Å². The monoisotopic (exact) mass is 150 g/mol. The summed E-state index contributed by atoms with van der Waals surface area (Å²) in [6.07, 6.45) is 2.02. The number of aliphatic hydroxyl groups is 1. The van der Waals surface area contributed by atoms with Gasteiger partial charge in [-0.3, -0.25) is 0 Å². The fourth-order valence-corrected chi connectivity index (χ4v) is 0.883. The van der Waals surface area contributed by atoms with E-state index < -0.39 is 0 Å². The van der Waals surface area contributed by atoms with Crippen molar-refractivity contribution in [3.05, 3.63) is 0 Å².